The molecule has 0 bridgehead atoms. The second kappa shape index (κ2) is 4.81. The Kier molecular flexibility index (Phi) is 4.61. The largest absolute Gasteiger partial charge is 0.396 e. The summed E-state index contributed by atoms with van der Waals surface area (Å²) >= 11 is 0. The van der Waals surface area contributed by atoms with Crippen LogP contribution in [0.4, 0.5) is 0 Å². The molecule has 1 atom stereocenters. The lowest BCUT2D eigenvalue weighted by Crippen LogP contribution is -2.07. The summed E-state index contributed by atoms with van der Waals surface area (Å²) in [5.74, 6) is 0. The van der Waals surface area contributed by atoms with E-state index in [0.717, 1.165) is 0 Å². The monoisotopic (exact) mass is 116 g/mol. The van der Waals surface area contributed by atoms with E-state index in [2.05, 4.69) is 6.58 Å². The Bertz CT molecular complexity index is 61.5. The Morgan fingerprint density at radius 2 is 2.50 bits per heavy atom. The van der Waals surface area contributed by atoms with Crippen molar-refractivity contribution in [3.05, 3.63) is 12.7 Å². The number of rotatable bonds is 4. The van der Waals surface area contributed by atoms with Gasteiger partial charge in [-0.1, -0.05) is 6.08 Å². The Labute approximate surface area is 49.8 Å². The predicted molar refractivity (Wildman–Crippen MR) is 32.7 cm³/mol. The third-order valence-corrected chi connectivity index (χ3v) is 0.979. The van der Waals surface area contributed by atoms with Crippen LogP contribution in [-0.4, -0.2) is 24.9 Å². The standard InChI is InChI=1S/C6H12O2/c1-3-6(8-2)4-5-7/h3,6-7H,1,4-5H2,2H3. The highest BCUT2D eigenvalue weighted by molar-refractivity contribution is 4.78. The van der Waals surface area contributed by atoms with Crippen LogP contribution in [0.25, 0.3) is 0 Å². The molecule has 48 valence electrons. The molecular weight excluding hydrogens is 104 g/mol. The third-order valence-electron chi connectivity index (χ3n) is 0.979. The van der Waals surface area contributed by atoms with Crippen molar-refractivity contribution in [2.45, 2.75) is 12.5 Å². The summed E-state index contributed by atoms with van der Waals surface area (Å²) in [6.07, 6.45) is 2.33. The van der Waals surface area contributed by atoms with Gasteiger partial charge < -0.3 is 9.84 Å². The van der Waals surface area contributed by atoms with Crippen LogP contribution in [0.2, 0.25) is 0 Å². The first-order valence-electron chi connectivity index (χ1n) is 2.61. The molecule has 0 saturated carbocycles. The maximum absolute atomic E-state index is 8.37. The Hall–Kier alpha value is -0.340. The first kappa shape index (κ1) is 7.66. The predicted octanol–water partition coefficient (Wildman–Crippen LogP) is 0.570. The minimum atomic E-state index is 0.0139. The molecule has 0 spiro atoms. The van der Waals surface area contributed by atoms with E-state index in [1.54, 1.807) is 13.2 Å². The zero-order chi connectivity index (χ0) is 6.41. The third kappa shape index (κ3) is 2.77. The van der Waals surface area contributed by atoms with Gasteiger partial charge in [0.2, 0.25) is 0 Å². The molecule has 0 radical (unpaired) electrons. The summed E-state index contributed by atoms with van der Waals surface area (Å²) in [6, 6.07) is 0. The van der Waals surface area contributed by atoms with Crippen molar-refractivity contribution in [2.75, 3.05) is 13.7 Å². The van der Waals surface area contributed by atoms with E-state index in [-0.39, 0.29) is 12.7 Å². The maximum Gasteiger partial charge on any atom is 0.0771 e. The highest BCUT2D eigenvalue weighted by Crippen LogP contribution is 1.94. The van der Waals surface area contributed by atoms with Crippen LogP contribution < -0.4 is 0 Å². The number of aliphatic hydroxyl groups excluding tert-OH is 1. The quantitative estimate of drug-likeness (QED) is 0.544. The lowest BCUT2D eigenvalue weighted by Gasteiger charge is -2.05. The van der Waals surface area contributed by atoms with E-state index in [9.17, 15) is 0 Å². The van der Waals surface area contributed by atoms with Crippen LogP contribution in [0.5, 0.6) is 0 Å². The number of methoxy groups -OCH3 is 1. The van der Waals surface area contributed by atoms with Crippen LogP contribution in [-0.2, 0) is 4.74 Å². The van der Waals surface area contributed by atoms with Gasteiger partial charge in [0.1, 0.15) is 0 Å². The van der Waals surface area contributed by atoms with Gasteiger partial charge in [0.25, 0.3) is 0 Å². The molecule has 8 heavy (non-hydrogen) atoms. The van der Waals surface area contributed by atoms with E-state index < -0.39 is 0 Å². The van der Waals surface area contributed by atoms with Gasteiger partial charge in [-0.25, -0.2) is 0 Å². The minimum Gasteiger partial charge on any atom is -0.396 e. The molecule has 0 amide bonds. The second-order valence-corrected chi connectivity index (χ2v) is 1.52. The summed E-state index contributed by atoms with van der Waals surface area (Å²) < 4.78 is 4.86. The molecule has 0 saturated heterocycles. The number of hydrogen-bond acceptors (Lipinski definition) is 2. The molecule has 1 unspecified atom stereocenters. The molecule has 0 rings (SSSR count). The molecule has 0 aliphatic carbocycles. The fourth-order valence-electron chi connectivity index (χ4n) is 0.459. The average molecular weight is 116 g/mol. The Morgan fingerprint density at radius 1 is 1.88 bits per heavy atom. The molecule has 1 N–H and O–H groups in total. The van der Waals surface area contributed by atoms with Crippen molar-refractivity contribution in [1.82, 2.24) is 0 Å². The fourth-order valence-corrected chi connectivity index (χ4v) is 0.459. The second-order valence-electron chi connectivity index (χ2n) is 1.52. The summed E-state index contributed by atoms with van der Waals surface area (Å²) in [5, 5.41) is 8.37. The van der Waals surface area contributed by atoms with E-state index in [1.807, 2.05) is 0 Å². The molecule has 0 aromatic heterocycles. The summed E-state index contributed by atoms with van der Waals surface area (Å²) in [5.41, 5.74) is 0. The number of hydrogen-bond donors (Lipinski definition) is 1. The van der Waals surface area contributed by atoms with Crippen molar-refractivity contribution in [3.63, 3.8) is 0 Å². The van der Waals surface area contributed by atoms with Gasteiger partial charge in [0, 0.05) is 20.1 Å². The van der Waals surface area contributed by atoms with E-state index in [1.165, 1.54) is 0 Å². The zero-order valence-electron chi connectivity index (χ0n) is 5.13. The number of ether oxygens (including phenoxy) is 1. The van der Waals surface area contributed by atoms with Gasteiger partial charge in [-0.05, 0) is 0 Å². The molecule has 0 aromatic rings. The van der Waals surface area contributed by atoms with E-state index >= 15 is 0 Å². The van der Waals surface area contributed by atoms with Gasteiger partial charge >= 0.3 is 0 Å². The lowest BCUT2D eigenvalue weighted by molar-refractivity contribution is 0.112. The summed E-state index contributed by atoms with van der Waals surface area (Å²) in [4.78, 5) is 0. The summed E-state index contributed by atoms with van der Waals surface area (Å²) in [7, 11) is 1.60. The number of aliphatic hydroxyl groups is 1. The van der Waals surface area contributed by atoms with Gasteiger partial charge in [-0.2, -0.15) is 0 Å². The van der Waals surface area contributed by atoms with Crippen molar-refractivity contribution >= 4 is 0 Å². The smallest absolute Gasteiger partial charge is 0.0771 e. The molecule has 0 aliphatic heterocycles. The van der Waals surface area contributed by atoms with Crippen molar-refractivity contribution in [3.8, 4) is 0 Å². The molecule has 2 heteroatoms. The van der Waals surface area contributed by atoms with E-state index in [0.29, 0.717) is 6.42 Å². The molecule has 0 aromatic carbocycles. The highest BCUT2D eigenvalue weighted by Gasteiger charge is 1.97. The van der Waals surface area contributed by atoms with E-state index in [4.69, 9.17) is 9.84 Å². The fraction of sp³-hybridized carbons (Fsp3) is 0.667. The highest BCUT2D eigenvalue weighted by atomic mass is 16.5. The normalized spacial score (nSPS) is 13.2. The summed E-state index contributed by atoms with van der Waals surface area (Å²) in [6.45, 7) is 3.67. The van der Waals surface area contributed by atoms with Crippen LogP contribution >= 0.6 is 0 Å². The minimum absolute atomic E-state index is 0.0139. The van der Waals surface area contributed by atoms with Crippen LogP contribution in [0, 0.1) is 0 Å². The van der Waals surface area contributed by atoms with Gasteiger partial charge in [-0.15, -0.1) is 6.58 Å². The SMILES string of the molecule is C=CC(CCO)OC. The van der Waals surface area contributed by atoms with Crippen LogP contribution in [0.3, 0.4) is 0 Å². The molecular formula is C6H12O2. The van der Waals surface area contributed by atoms with Gasteiger partial charge in [0.05, 0.1) is 6.10 Å². The van der Waals surface area contributed by atoms with Crippen LogP contribution in [0.1, 0.15) is 6.42 Å². The molecule has 0 heterocycles. The molecule has 2 nitrogen and oxygen atoms in total. The lowest BCUT2D eigenvalue weighted by atomic mass is 10.3. The first-order chi connectivity index (χ1) is 3.85. The van der Waals surface area contributed by atoms with Gasteiger partial charge in [-0.3, -0.25) is 0 Å². The molecule has 0 aliphatic rings. The van der Waals surface area contributed by atoms with Crippen molar-refractivity contribution < 1.29 is 9.84 Å². The zero-order valence-corrected chi connectivity index (χ0v) is 5.13. The van der Waals surface area contributed by atoms with Crippen LogP contribution in [0.15, 0.2) is 12.7 Å². The van der Waals surface area contributed by atoms with Gasteiger partial charge in [0.15, 0.2) is 0 Å². The van der Waals surface area contributed by atoms with Crippen molar-refractivity contribution in [2.24, 2.45) is 0 Å². The Morgan fingerprint density at radius 3 is 2.62 bits per heavy atom. The maximum atomic E-state index is 8.37. The average Bonchev–Trinajstić information content (AvgIpc) is 1.83. The van der Waals surface area contributed by atoms with Crippen molar-refractivity contribution in [1.29, 1.82) is 0 Å². The topological polar surface area (TPSA) is 29.5 Å². The molecule has 0 fully saturated rings. The first-order valence-corrected chi connectivity index (χ1v) is 2.61. The Balaban J connectivity index is 3.21.